The van der Waals surface area contributed by atoms with Gasteiger partial charge in [0.05, 0.1) is 17.4 Å². The number of oxazole rings is 1. The molecule has 19 heavy (non-hydrogen) atoms. The quantitative estimate of drug-likeness (QED) is 0.756. The first kappa shape index (κ1) is 11.9. The van der Waals surface area contributed by atoms with Crippen molar-refractivity contribution in [3.8, 4) is 11.3 Å². The topological polar surface area (TPSA) is 66.7 Å². The number of hydrogen-bond acceptors (Lipinski definition) is 4. The van der Waals surface area contributed by atoms with Gasteiger partial charge in [0.1, 0.15) is 11.3 Å². The van der Waals surface area contributed by atoms with Crippen LogP contribution in [0.1, 0.15) is 19.7 Å². The summed E-state index contributed by atoms with van der Waals surface area (Å²) in [4.78, 5) is 11.9. The monoisotopic (exact) mass is 256 g/mol. The lowest BCUT2D eigenvalue weighted by molar-refractivity contribution is 0.421. The number of H-pyrrole nitrogens is 1. The Morgan fingerprint density at radius 2 is 2.11 bits per heavy atom. The number of nitrogens with zero attached hydrogens (tertiary/aromatic N) is 2. The van der Waals surface area contributed by atoms with Crippen molar-refractivity contribution >= 4 is 11.1 Å². The zero-order valence-corrected chi connectivity index (χ0v) is 11.2. The lowest BCUT2D eigenvalue weighted by Gasteiger charge is -2.20. The van der Waals surface area contributed by atoms with Crippen molar-refractivity contribution in [1.29, 1.82) is 0 Å². The van der Waals surface area contributed by atoms with E-state index in [9.17, 15) is 0 Å². The number of hydrogen-bond donors (Lipinski definition) is 2. The highest BCUT2D eigenvalue weighted by Gasteiger charge is 2.21. The maximum Gasteiger partial charge on any atom is 0.181 e. The second-order valence-corrected chi connectivity index (χ2v) is 5.06. The molecular weight excluding hydrogens is 240 g/mol. The van der Waals surface area contributed by atoms with Crippen LogP contribution in [0.15, 0.2) is 35.2 Å². The summed E-state index contributed by atoms with van der Waals surface area (Å²) in [7, 11) is 1.92. The zero-order chi connectivity index (χ0) is 13.5. The molecule has 0 radical (unpaired) electrons. The molecule has 1 aromatic carbocycles. The van der Waals surface area contributed by atoms with Gasteiger partial charge >= 0.3 is 0 Å². The fraction of sp³-hybridized carbons (Fsp3) is 0.286. The molecule has 0 spiro atoms. The minimum atomic E-state index is -0.186. The Kier molecular flexibility index (Phi) is 2.64. The summed E-state index contributed by atoms with van der Waals surface area (Å²) < 4.78 is 5.32. The molecule has 5 nitrogen and oxygen atoms in total. The van der Waals surface area contributed by atoms with Crippen LogP contribution in [0.5, 0.6) is 0 Å². The summed E-state index contributed by atoms with van der Waals surface area (Å²) in [5.41, 5.74) is 3.46. The van der Waals surface area contributed by atoms with Crippen molar-refractivity contribution in [3.63, 3.8) is 0 Å². The number of fused-ring (bicyclic) bond motifs is 1. The smallest absolute Gasteiger partial charge is 0.181 e. The molecule has 0 aliphatic heterocycles. The molecule has 2 aromatic heterocycles. The predicted molar refractivity (Wildman–Crippen MR) is 73.7 cm³/mol. The van der Waals surface area contributed by atoms with Gasteiger partial charge in [-0.15, -0.1) is 0 Å². The van der Waals surface area contributed by atoms with Crippen LogP contribution < -0.4 is 5.32 Å². The molecule has 5 heteroatoms. The third kappa shape index (κ3) is 2.02. The number of rotatable bonds is 3. The molecular formula is C14H16N4O. The van der Waals surface area contributed by atoms with Gasteiger partial charge in [-0.25, -0.2) is 9.97 Å². The van der Waals surface area contributed by atoms with Crippen LogP contribution in [-0.4, -0.2) is 22.0 Å². The van der Waals surface area contributed by atoms with E-state index in [1.165, 1.54) is 6.39 Å². The Morgan fingerprint density at radius 1 is 1.26 bits per heavy atom. The Hall–Kier alpha value is -2.14. The van der Waals surface area contributed by atoms with Crippen LogP contribution in [0.2, 0.25) is 0 Å². The standard InChI is InChI=1S/C14H16N4O/c1-14(2,15-3)13-16-7-11(18-13)9-4-5-10-12(6-9)19-8-17-10/h4-8,15H,1-3H3,(H,16,18). The second-order valence-electron chi connectivity index (χ2n) is 5.06. The molecule has 2 heterocycles. The molecule has 0 amide bonds. The average Bonchev–Trinajstić information content (AvgIpc) is 3.06. The third-order valence-electron chi connectivity index (χ3n) is 3.44. The van der Waals surface area contributed by atoms with Crippen molar-refractivity contribution < 1.29 is 4.42 Å². The fourth-order valence-electron chi connectivity index (χ4n) is 1.93. The number of benzene rings is 1. The average molecular weight is 256 g/mol. The zero-order valence-electron chi connectivity index (χ0n) is 11.2. The van der Waals surface area contributed by atoms with Gasteiger partial charge in [-0.2, -0.15) is 0 Å². The van der Waals surface area contributed by atoms with E-state index in [0.717, 1.165) is 28.2 Å². The number of aromatic nitrogens is 3. The molecule has 0 aliphatic rings. The first-order valence-electron chi connectivity index (χ1n) is 6.18. The highest BCUT2D eigenvalue weighted by atomic mass is 16.3. The summed E-state index contributed by atoms with van der Waals surface area (Å²) in [6.07, 6.45) is 3.29. The molecule has 0 bridgehead atoms. The summed E-state index contributed by atoms with van der Waals surface area (Å²) in [6, 6.07) is 5.92. The van der Waals surface area contributed by atoms with Gasteiger partial charge in [0.15, 0.2) is 12.0 Å². The van der Waals surface area contributed by atoms with Crippen molar-refractivity contribution in [2.75, 3.05) is 7.05 Å². The van der Waals surface area contributed by atoms with Crippen LogP contribution in [0.3, 0.4) is 0 Å². The minimum Gasteiger partial charge on any atom is -0.443 e. The van der Waals surface area contributed by atoms with Gasteiger partial charge < -0.3 is 14.7 Å². The summed E-state index contributed by atoms with van der Waals surface area (Å²) in [5, 5.41) is 3.23. The largest absolute Gasteiger partial charge is 0.443 e. The van der Waals surface area contributed by atoms with Crippen LogP contribution in [-0.2, 0) is 5.54 Å². The summed E-state index contributed by atoms with van der Waals surface area (Å²) >= 11 is 0. The third-order valence-corrected chi connectivity index (χ3v) is 3.44. The maximum atomic E-state index is 5.32. The predicted octanol–water partition coefficient (Wildman–Crippen LogP) is 2.67. The summed E-state index contributed by atoms with van der Waals surface area (Å²) in [5.74, 6) is 0.905. The molecule has 0 atom stereocenters. The molecule has 2 N–H and O–H groups in total. The van der Waals surface area contributed by atoms with Gasteiger partial charge in [0.25, 0.3) is 0 Å². The van der Waals surface area contributed by atoms with Crippen molar-refractivity contribution in [2.45, 2.75) is 19.4 Å². The van der Waals surface area contributed by atoms with Gasteiger partial charge in [0.2, 0.25) is 0 Å². The van der Waals surface area contributed by atoms with Crippen LogP contribution in [0.25, 0.3) is 22.4 Å². The van der Waals surface area contributed by atoms with Gasteiger partial charge in [-0.05, 0) is 33.0 Å². The SMILES string of the molecule is CNC(C)(C)c1ncc(-c2ccc3ncoc3c2)[nH]1. The lowest BCUT2D eigenvalue weighted by atomic mass is 10.1. The minimum absolute atomic E-state index is 0.186. The normalized spacial score (nSPS) is 12.2. The van der Waals surface area contributed by atoms with E-state index in [-0.39, 0.29) is 5.54 Å². The summed E-state index contributed by atoms with van der Waals surface area (Å²) in [6.45, 7) is 4.16. The highest BCUT2D eigenvalue weighted by Crippen LogP contribution is 2.25. The fourth-order valence-corrected chi connectivity index (χ4v) is 1.93. The van der Waals surface area contributed by atoms with E-state index in [2.05, 4.69) is 34.1 Å². The van der Waals surface area contributed by atoms with Crippen molar-refractivity contribution in [3.05, 3.63) is 36.6 Å². The van der Waals surface area contributed by atoms with Gasteiger partial charge in [-0.1, -0.05) is 6.07 Å². The lowest BCUT2D eigenvalue weighted by Crippen LogP contribution is -2.34. The van der Waals surface area contributed by atoms with E-state index in [1.807, 2.05) is 31.4 Å². The van der Waals surface area contributed by atoms with Gasteiger partial charge in [0, 0.05) is 5.56 Å². The Morgan fingerprint density at radius 3 is 2.89 bits per heavy atom. The molecule has 0 fully saturated rings. The van der Waals surface area contributed by atoms with Gasteiger partial charge in [-0.3, -0.25) is 0 Å². The Labute approximate surface area is 111 Å². The molecule has 98 valence electrons. The highest BCUT2D eigenvalue weighted by molar-refractivity contribution is 5.78. The van der Waals surface area contributed by atoms with E-state index < -0.39 is 0 Å². The number of aromatic amines is 1. The van der Waals surface area contributed by atoms with Crippen molar-refractivity contribution in [2.24, 2.45) is 0 Å². The second kappa shape index (κ2) is 4.20. The molecule has 3 rings (SSSR count). The molecule has 0 aliphatic carbocycles. The molecule has 0 unspecified atom stereocenters. The number of nitrogens with one attached hydrogen (secondary N) is 2. The molecule has 0 saturated carbocycles. The van der Waals surface area contributed by atoms with Crippen LogP contribution >= 0.6 is 0 Å². The van der Waals surface area contributed by atoms with Crippen LogP contribution in [0.4, 0.5) is 0 Å². The Balaban J connectivity index is 2.02. The van der Waals surface area contributed by atoms with E-state index in [1.54, 1.807) is 0 Å². The van der Waals surface area contributed by atoms with Crippen LogP contribution in [0, 0.1) is 0 Å². The van der Waals surface area contributed by atoms with E-state index in [0.29, 0.717) is 0 Å². The van der Waals surface area contributed by atoms with Crippen molar-refractivity contribution in [1.82, 2.24) is 20.3 Å². The first-order valence-corrected chi connectivity index (χ1v) is 6.18. The molecule has 3 aromatic rings. The molecule has 0 saturated heterocycles. The van der Waals surface area contributed by atoms with E-state index in [4.69, 9.17) is 4.42 Å². The maximum absolute atomic E-state index is 5.32. The first-order chi connectivity index (χ1) is 9.10. The van der Waals surface area contributed by atoms with E-state index >= 15 is 0 Å². The Bertz CT molecular complexity index is 711. The number of imidazole rings is 1.